The molecule has 198 valence electrons. The predicted molar refractivity (Wildman–Crippen MR) is 151 cm³/mol. The summed E-state index contributed by atoms with van der Waals surface area (Å²) in [5, 5.41) is 24.3. The first-order valence-electron chi connectivity index (χ1n) is 13.4. The van der Waals surface area contributed by atoms with E-state index in [1.54, 1.807) is 23.3 Å². The molecule has 1 amide bonds. The van der Waals surface area contributed by atoms with Gasteiger partial charge in [0.1, 0.15) is 0 Å². The Morgan fingerprint density at radius 3 is 2.57 bits per heavy atom. The molecule has 3 heterocycles. The number of likely N-dealkylation sites (N-methyl/N-ethyl adjacent to an activating group) is 1. The Morgan fingerprint density at radius 1 is 1.19 bits per heavy atom. The third kappa shape index (κ3) is 5.77. The number of aromatic nitrogens is 1. The molecule has 3 atom stereocenters. The van der Waals surface area contributed by atoms with Crippen molar-refractivity contribution in [1.29, 1.82) is 5.26 Å². The molecule has 0 radical (unpaired) electrons. The van der Waals surface area contributed by atoms with Crippen molar-refractivity contribution < 1.29 is 9.90 Å². The van der Waals surface area contributed by atoms with Crippen LogP contribution in [-0.2, 0) is 10.2 Å². The number of thiophene rings is 1. The number of benzene rings is 1. The summed E-state index contributed by atoms with van der Waals surface area (Å²) in [7, 11) is 1.76. The van der Waals surface area contributed by atoms with Gasteiger partial charge in [-0.2, -0.15) is 5.26 Å². The number of hydrogen-bond acceptors (Lipinski definition) is 5. The summed E-state index contributed by atoms with van der Waals surface area (Å²) in [5.74, 6) is 0.0774. The zero-order valence-electron chi connectivity index (χ0n) is 22.5. The highest BCUT2D eigenvalue weighted by atomic mass is 32.1. The fraction of sp³-hybridized carbons (Fsp3) is 0.533. The van der Waals surface area contributed by atoms with E-state index in [9.17, 15) is 15.2 Å². The van der Waals surface area contributed by atoms with E-state index in [1.165, 1.54) is 10.9 Å². The van der Waals surface area contributed by atoms with E-state index in [-0.39, 0.29) is 24.3 Å². The summed E-state index contributed by atoms with van der Waals surface area (Å²) < 4.78 is 2.40. The average Bonchev–Trinajstić information content (AvgIpc) is 3.59. The minimum atomic E-state index is -0.661. The molecule has 1 fully saturated rings. The van der Waals surface area contributed by atoms with Gasteiger partial charge in [-0.1, -0.05) is 38.1 Å². The number of fused-ring (bicyclic) bond motifs is 1. The zero-order chi connectivity index (χ0) is 26.6. The molecule has 1 saturated heterocycles. The molecule has 7 heteroatoms. The summed E-state index contributed by atoms with van der Waals surface area (Å²) in [5.41, 5.74) is 0.623. The number of nitrogens with zero attached hydrogens (tertiary/aromatic N) is 4. The van der Waals surface area contributed by atoms with Crippen LogP contribution in [0.3, 0.4) is 0 Å². The maximum atomic E-state index is 13.0. The Kier molecular flexibility index (Phi) is 8.74. The van der Waals surface area contributed by atoms with Gasteiger partial charge in [-0.05, 0) is 61.1 Å². The van der Waals surface area contributed by atoms with Crippen LogP contribution in [-0.4, -0.2) is 64.2 Å². The molecule has 6 nitrogen and oxygen atoms in total. The van der Waals surface area contributed by atoms with Crippen LogP contribution in [0.25, 0.3) is 10.9 Å². The summed E-state index contributed by atoms with van der Waals surface area (Å²) in [6.45, 7) is 8.29. The fourth-order valence-electron chi connectivity index (χ4n) is 5.74. The first-order valence-corrected chi connectivity index (χ1v) is 14.3. The number of carbonyl (C=O) groups excluding carboxylic acids is 1. The summed E-state index contributed by atoms with van der Waals surface area (Å²) in [6.07, 6.45) is 4.43. The van der Waals surface area contributed by atoms with Crippen molar-refractivity contribution in [2.24, 2.45) is 5.92 Å². The number of hydrogen-bond donors (Lipinski definition) is 1. The van der Waals surface area contributed by atoms with Gasteiger partial charge in [0.2, 0.25) is 5.91 Å². The van der Waals surface area contributed by atoms with E-state index in [1.807, 2.05) is 31.4 Å². The number of aliphatic hydroxyl groups excluding tert-OH is 1. The topological polar surface area (TPSA) is 72.5 Å². The van der Waals surface area contributed by atoms with Gasteiger partial charge in [0.25, 0.3) is 0 Å². The van der Waals surface area contributed by atoms with Gasteiger partial charge in [0, 0.05) is 61.8 Å². The number of aliphatic hydroxyl groups is 1. The monoisotopic (exact) mass is 520 g/mol. The molecular formula is C30H40N4O2S. The molecule has 4 rings (SSSR count). The smallest absolute Gasteiger partial charge is 0.222 e. The van der Waals surface area contributed by atoms with Crippen molar-refractivity contribution in [3.63, 3.8) is 0 Å². The van der Waals surface area contributed by atoms with Crippen LogP contribution in [0.15, 0.2) is 54.0 Å². The third-order valence-corrected chi connectivity index (χ3v) is 9.47. The fourth-order valence-corrected chi connectivity index (χ4v) is 6.79. The Morgan fingerprint density at radius 2 is 1.92 bits per heavy atom. The molecule has 0 bridgehead atoms. The normalized spacial score (nSPS) is 18.4. The van der Waals surface area contributed by atoms with E-state index >= 15 is 0 Å². The molecule has 1 aromatic carbocycles. The van der Waals surface area contributed by atoms with Crippen molar-refractivity contribution in [1.82, 2.24) is 14.4 Å². The average molecular weight is 521 g/mol. The molecule has 1 N–H and O–H groups in total. The first-order chi connectivity index (χ1) is 17.8. The predicted octanol–water partition coefficient (Wildman–Crippen LogP) is 5.45. The highest BCUT2D eigenvalue weighted by Gasteiger charge is 2.38. The number of para-hydroxylation sites is 1. The molecule has 1 aliphatic heterocycles. The summed E-state index contributed by atoms with van der Waals surface area (Å²) in [4.78, 5) is 18.0. The van der Waals surface area contributed by atoms with Gasteiger partial charge < -0.3 is 14.6 Å². The molecule has 0 aliphatic carbocycles. The van der Waals surface area contributed by atoms with E-state index in [2.05, 4.69) is 59.0 Å². The van der Waals surface area contributed by atoms with Gasteiger partial charge in [0.05, 0.1) is 17.6 Å². The number of carbonyl (C=O) groups is 1. The highest BCUT2D eigenvalue weighted by molar-refractivity contribution is 7.10. The highest BCUT2D eigenvalue weighted by Crippen LogP contribution is 2.39. The van der Waals surface area contributed by atoms with Crippen LogP contribution in [0.5, 0.6) is 0 Å². The van der Waals surface area contributed by atoms with Crippen LogP contribution in [0.1, 0.15) is 57.4 Å². The van der Waals surface area contributed by atoms with E-state index < -0.39 is 11.5 Å². The first kappa shape index (κ1) is 27.4. The minimum Gasteiger partial charge on any atom is -0.390 e. The van der Waals surface area contributed by atoms with Crippen molar-refractivity contribution >= 4 is 28.1 Å². The van der Waals surface area contributed by atoms with Gasteiger partial charge in [0.15, 0.2) is 0 Å². The van der Waals surface area contributed by atoms with Crippen LogP contribution >= 0.6 is 11.3 Å². The molecule has 3 unspecified atom stereocenters. The maximum Gasteiger partial charge on any atom is 0.222 e. The standard InChI is InChI=1S/C30H40N4O2S/c1-22(2)30(21-31,28-10-7-19-37-28)15-11-29(36)32(4)20-27(35)23(3)33-16-13-25(14-17-33)34-18-12-24-8-5-6-9-26(24)34/h5-10,12,18-19,22-23,25,27,35H,11,13-17,20H2,1-4H3. The van der Waals surface area contributed by atoms with E-state index in [0.717, 1.165) is 30.8 Å². The quantitative estimate of drug-likeness (QED) is 0.386. The second-order valence-electron chi connectivity index (χ2n) is 10.8. The molecule has 0 spiro atoms. The van der Waals surface area contributed by atoms with E-state index in [4.69, 9.17) is 0 Å². The number of piperidine rings is 1. The lowest BCUT2D eigenvalue weighted by molar-refractivity contribution is -0.132. The molecule has 3 aromatic rings. The molecule has 0 saturated carbocycles. The lowest BCUT2D eigenvalue weighted by atomic mass is 9.73. The van der Waals surface area contributed by atoms with Crippen LogP contribution in [0.4, 0.5) is 0 Å². The minimum absolute atomic E-state index is 0.0266. The largest absolute Gasteiger partial charge is 0.390 e. The van der Waals surface area contributed by atoms with Crippen molar-refractivity contribution in [2.75, 3.05) is 26.7 Å². The second-order valence-corrected chi connectivity index (χ2v) is 11.8. The maximum absolute atomic E-state index is 13.0. The van der Waals surface area contributed by atoms with Crippen molar-refractivity contribution in [3.8, 4) is 6.07 Å². The van der Waals surface area contributed by atoms with Crippen LogP contribution < -0.4 is 0 Å². The number of likely N-dealkylation sites (tertiary alicyclic amines) is 1. The van der Waals surface area contributed by atoms with Crippen LogP contribution in [0, 0.1) is 17.2 Å². The number of rotatable bonds is 10. The Hall–Kier alpha value is -2.66. The van der Waals surface area contributed by atoms with Crippen LogP contribution in [0.2, 0.25) is 0 Å². The summed E-state index contributed by atoms with van der Waals surface area (Å²) >= 11 is 1.58. The molecule has 37 heavy (non-hydrogen) atoms. The molecule has 1 aliphatic rings. The Labute approximate surface area is 225 Å². The van der Waals surface area contributed by atoms with Crippen molar-refractivity contribution in [3.05, 3.63) is 58.9 Å². The zero-order valence-corrected chi connectivity index (χ0v) is 23.3. The summed E-state index contributed by atoms with van der Waals surface area (Å²) in [6, 6.07) is 17.6. The Bertz CT molecular complexity index is 1210. The lowest BCUT2D eigenvalue weighted by Crippen LogP contribution is -2.50. The van der Waals surface area contributed by atoms with Gasteiger partial charge in [-0.3, -0.25) is 9.69 Å². The third-order valence-electron chi connectivity index (χ3n) is 8.42. The van der Waals surface area contributed by atoms with E-state index in [0.29, 0.717) is 19.0 Å². The SMILES string of the molecule is CC(C(O)CN(C)C(=O)CCC(C#N)(c1cccs1)C(C)C)N1CCC(n2ccc3ccccc32)CC1. The lowest BCUT2D eigenvalue weighted by Gasteiger charge is -2.39. The second kappa shape index (κ2) is 11.8. The van der Waals surface area contributed by atoms with Gasteiger partial charge in [-0.15, -0.1) is 11.3 Å². The molecular weight excluding hydrogens is 480 g/mol. The van der Waals surface area contributed by atoms with Gasteiger partial charge >= 0.3 is 0 Å². The molecule has 2 aromatic heterocycles. The van der Waals surface area contributed by atoms with Gasteiger partial charge in [-0.25, -0.2) is 0 Å². The number of amides is 1. The Balaban J connectivity index is 1.28. The number of nitriles is 1. The van der Waals surface area contributed by atoms with Crippen molar-refractivity contribution in [2.45, 2.75) is 70.1 Å².